The summed E-state index contributed by atoms with van der Waals surface area (Å²) in [6.45, 7) is 7.88. The van der Waals surface area contributed by atoms with Crippen molar-refractivity contribution < 1.29 is 4.79 Å². The van der Waals surface area contributed by atoms with Crippen LogP contribution in [0.2, 0.25) is 0 Å². The quantitative estimate of drug-likeness (QED) is 0.760. The first-order valence-corrected chi connectivity index (χ1v) is 7.20. The number of carbonyl (C=O) groups is 1. The van der Waals surface area contributed by atoms with Gasteiger partial charge >= 0.3 is 0 Å². The lowest BCUT2D eigenvalue weighted by atomic mass is 10.1. The number of hydrogen-bond donors (Lipinski definition) is 1. The van der Waals surface area contributed by atoms with E-state index in [1.54, 1.807) is 0 Å². The highest BCUT2D eigenvalue weighted by Crippen LogP contribution is 2.19. The number of benzene rings is 1. The van der Waals surface area contributed by atoms with Crippen molar-refractivity contribution in [2.45, 2.75) is 40.0 Å². The van der Waals surface area contributed by atoms with Crippen molar-refractivity contribution in [2.75, 3.05) is 25.5 Å². The molecule has 0 saturated carbocycles. The van der Waals surface area contributed by atoms with Gasteiger partial charge in [-0.05, 0) is 32.4 Å². The largest absolute Gasteiger partial charge is 0.385 e. The molecule has 0 aromatic heterocycles. The van der Waals surface area contributed by atoms with Gasteiger partial charge in [0.15, 0.2) is 0 Å². The molecule has 0 aliphatic rings. The van der Waals surface area contributed by atoms with Gasteiger partial charge in [0.2, 0.25) is 0 Å². The highest BCUT2D eigenvalue weighted by molar-refractivity contribution is 5.99. The van der Waals surface area contributed by atoms with Crippen molar-refractivity contribution >= 4 is 11.6 Å². The minimum atomic E-state index is 0.107. The summed E-state index contributed by atoms with van der Waals surface area (Å²) in [5.41, 5.74) is 2.83. The van der Waals surface area contributed by atoms with E-state index in [2.05, 4.69) is 12.2 Å². The zero-order valence-electron chi connectivity index (χ0n) is 12.6. The van der Waals surface area contributed by atoms with Gasteiger partial charge in [0.1, 0.15) is 0 Å². The predicted molar refractivity (Wildman–Crippen MR) is 81.8 cm³/mol. The zero-order chi connectivity index (χ0) is 14.3. The SMILES string of the molecule is CCCCCN(C)C(=O)c1cc(C)ccc1NCC. The Morgan fingerprint density at radius 3 is 2.63 bits per heavy atom. The number of aryl methyl sites for hydroxylation is 1. The van der Waals surface area contributed by atoms with E-state index in [0.717, 1.165) is 36.3 Å². The summed E-state index contributed by atoms with van der Waals surface area (Å²) in [5.74, 6) is 0.107. The summed E-state index contributed by atoms with van der Waals surface area (Å²) in [6.07, 6.45) is 3.42. The molecule has 0 saturated heterocycles. The fourth-order valence-corrected chi connectivity index (χ4v) is 2.09. The summed E-state index contributed by atoms with van der Waals surface area (Å²) in [6, 6.07) is 5.99. The molecule has 0 unspecified atom stereocenters. The van der Waals surface area contributed by atoms with E-state index in [4.69, 9.17) is 0 Å². The molecule has 0 spiro atoms. The average Bonchev–Trinajstić information content (AvgIpc) is 2.40. The Hall–Kier alpha value is -1.51. The number of nitrogens with one attached hydrogen (secondary N) is 1. The van der Waals surface area contributed by atoms with Crippen LogP contribution in [-0.4, -0.2) is 30.9 Å². The molecule has 0 fully saturated rings. The first-order valence-electron chi connectivity index (χ1n) is 7.20. The van der Waals surface area contributed by atoms with Gasteiger partial charge in [-0.1, -0.05) is 31.4 Å². The molecule has 1 amide bonds. The van der Waals surface area contributed by atoms with Crippen molar-refractivity contribution in [3.8, 4) is 0 Å². The third kappa shape index (κ3) is 4.58. The van der Waals surface area contributed by atoms with E-state index in [9.17, 15) is 4.79 Å². The van der Waals surface area contributed by atoms with Gasteiger partial charge in [0.05, 0.1) is 5.56 Å². The van der Waals surface area contributed by atoms with Gasteiger partial charge in [0, 0.05) is 25.8 Å². The van der Waals surface area contributed by atoms with Crippen LogP contribution in [0.1, 0.15) is 49.0 Å². The maximum absolute atomic E-state index is 12.5. The minimum absolute atomic E-state index is 0.107. The van der Waals surface area contributed by atoms with E-state index in [0.29, 0.717) is 0 Å². The topological polar surface area (TPSA) is 32.3 Å². The van der Waals surface area contributed by atoms with Crippen LogP contribution in [0.25, 0.3) is 0 Å². The molecular formula is C16H26N2O. The average molecular weight is 262 g/mol. The highest BCUT2D eigenvalue weighted by Gasteiger charge is 2.15. The molecule has 1 aromatic rings. The molecule has 0 atom stereocenters. The lowest BCUT2D eigenvalue weighted by Gasteiger charge is -2.19. The van der Waals surface area contributed by atoms with Crippen LogP contribution in [0.3, 0.4) is 0 Å². The monoisotopic (exact) mass is 262 g/mol. The number of amides is 1. The predicted octanol–water partition coefficient (Wildman–Crippen LogP) is 3.69. The van der Waals surface area contributed by atoms with E-state index in [-0.39, 0.29) is 5.91 Å². The molecule has 0 aliphatic carbocycles. The molecule has 106 valence electrons. The Labute approximate surface area is 117 Å². The second-order valence-corrected chi connectivity index (χ2v) is 5.01. The van der Waals surface area contributed by atoms with Crippen molar-refractivity contribution in [2.24, 2.45) is 0 Å². The molecule has 3 heteroatoms. The number of hydrogen-bond acceptors (Lipinski definition) is 2. The number of nitrogens with zero attached hydrogens (tertiary/aromatic N) is 1. The molecule has 1 rings (SSSR count). The van der Waals surface area contributed by atoms with Crippen LogP contribution in [-0.2, 0) is 0 Å². The molecule has 1 N–H and O–H groups in total. The maximum atomic E-state index is 12.5. The van der Waals surface area contributed by atoms with Crippen LogP contribution in [0.5, 0.6) is 0 Å². The van der Waals surface area contributed by atoms with E-state index < -0.39 is 0 Å². The lowest BCUT2D eigenvalue weighted by Crippen LogP contribution is -2.28. The highest BCUT2D eigenvalue weighted by atomic mass is 16.2. The van der Waals surface area contributed by atoms with Gasteiger partial charge in [-0.3, -0.25) is 4.79 Å². The summed E-state index contributed by atoms with van der Waals surface area (Å²) < 4.78 is 0. The third-order valence-corrected chi connectivity index (χ3v) is 3.22. The van der Waals surface area contributed by atoms with Gasteiger partial charge in [-0.2, -0.15) is 0 Å². The van der Waals surface area contributed by atoms with Crippen molar-refractivity contribution in [3.05, 3.63) is 29.3 Å². The number of rotatable bonds is 7. The molecule has 0 bridgehead atoms. The van der Waals surface area contributed by atoms with Gasteiger partial charge < -0.3 is 10.2 Å². The van der Waals surface area contributed by atoms with E-state index in [1.807, 2.05) is 44.0 Å². The second-order valence-electron chi connectivity index (χ2n) is 5.01. The second kappa shape index (κ2) is 7.82. The molecule has 0 aliphatic heterocycles. The molecule has 3 nitrogen and oxygen atoms in total. The van der Waals surface area contributed by atoms with Crippen molar-refractivity contribution in [1.29, 1.82) is 0 Å². The van der Waals surface area contributed by atoms with Crippen molar-refractivity contribution in [3.63, 3.8) is 0 Å². The Morgan fingerprint density at radius 1 is 1.26 bits per heavy atom. The summed E-state index contributed by atoms with van der Waals surface area (Å²) in [5, 5.41) is 3.26. The summed E-state index contributed by atoms with van der Waals surface area (Å²) >= 11 is 0. The fourth-order valence-electron chi connectivity index (χ4n) is 2.09. The fraction of sp³-hybridized carbons (Fsp3) is 0.562. The van der Waals surface area contributed by atoms with Crippen LogP contribution in [0.15, 0.2) is 18.2 Å². The summed E-state index contributed by atoms with van der Waals surface area (Å²) in [4.78, 5) is 14.3. The van der Waals surface area contributed by atoms with Crippen LogP contribution in [0.4, 0.5) is 5.69 Å². The standard InChI is InChI=1S/C16H26N2O/c1-5-7-8-11-18(4)16(19)14-12-13(3)9-10-15(14)17-6-2/h9-10,12,17H,5-8,11H2,1-4H3. The molecule has 1 aromatic carbocycles. The Kier molecular flexibility index (Phi) is 6.40. The summed E-state index contributed by atoms with van der Waals surface area (Å²) in [7, 11) is 1.88. The van der Waals surface area contributed by atoms with E-state index in [1.165, 1.54) is 12.8 Å². The van der Waals surface area contributed by atoms with Crippen LogP contribution < -0.4 is 5.32 Å². The van der Waals surface area contributed by atoms with Gasteiger partial charge in [-0.15, -0.1) is 0 Å². The zero-order valence-corrected chi connectivity index (χ0v) is 12.6. The number of carbonyl (C=O) groups excluding carboxylic acids is 1. The van der Waals surface area contributed by atoms with Crippen LogP contribution >= 0.6 is 0 Å². The lowest BCUT2D eigenvalue weighted by molar-refractivity contribution is 0.0793. The maximum Gasteiger partial charge on any atom is 0.255 e. The first kappa shape index (κ1) is 15.5. The molecular weight excluding hydrogens is 236 g/mol. The number of anilines is 1. The Bertz CT molecular complexity index is 415. The van der Waals surface area contributed by atoms with Crippen molar-refractivity contribution in [1.82, 2.24) is 4.90 Å². The van der Waals surface area contributed by atoms with Crippen LogP contribution in [0, 0.1) is 6.92 Å². The normalized spacial score (nSPS) is 10.3. The van der Waals surface area contributed by atoms with Gasteiger partial charge in [0.25, 0.3) is 5.91 Å². The minimum Gasteiger partial charge on any atom is -0.385 e. The first-order chi connectivity index (χ1) is 9.10. The molecule has 19 heavy (non-hydrogen) atoms. The van der Waals surface area contributed by atoms with Gasteiger partial charge in [-0.25, -0.2) is 0 Å². The smallest absolute Gasteiger partial charge is 0.255 e. The third-order valence-electron chi connectivity index (χ3n) is 3.22. The molecule has 0 heterocycles. The Balaban J connectivity index is 2.81. The number of unbranched alkanes of at least 4 members (excludes halogenated alkanes) is 2. The van der Waals surface area contributed by atoms with E-state index >= 15 is 0 Å². The Morgan fingerprint density at radius 2 is 2.00 bits per heavy atom. The molecule has 0 radical (unpaired) electrons.